The Morgan fingerprint density at radius 1 is 1.25 bits per heavy atom. The zero-order valence-corrected chi connectivity index (χ0v) is 11.8. The van der Waals surface area contributed by atoms with Gasteiger partial charge in [-0.2, -0.15) is 0 Å². The van der Waals surface area contributed by atoms with Crippen LogP contribution in [0.3, 0.4) is 0 Å². The van der Waals surface area contributed by atoms with Crippen LogP contribution in [0.2, 0.25) is 0 Å². The molecule has 2 rings (SSSR count). The maximum absolute atomic E-state index is 11.6. The first-order valence-corrected chi connectivity index (χ1v) is 6.46. The van der Waals surface area contributed by atoms with Gasteiger partial charge in [0.05, 0.1) is 12.7 Å². The van der Waals surface area contributed by atoms with Crippen LogP contribution in [0.15, 0.2) is 36.5 Å². The van der Waals surface area contributed by atoms with E-state index in [2.05, 4.69) is 11.9 Å². The molecule has 0 fully saturated rings. The van der Waals surface area contributed by atoms with Crippen LogP contribution in [0, 0.1) is 0 Å². The monoisotopic (exact) mass is 271 g/mol. The van der Waals surface area contributed by atoms with Crippen molar-refractivity contribution in [2.24, 2.45) is 0 Å². The summed E-state index contributed by atoms with van der Waals surface area (Å²) < 4.78 is 11.1. The Morgan fingerprint density at radius 2 is 2.05 bits per heavy atom. The normalized spacial score (nSPS) is 10.2. The molecule has 0 bridgehead atoms. The molecule has 0 unspecified atom stereocenters. The fraction of sp³-hybridized carbons (Fsp3) is 0.250. The van der Waals surface area contributed by atoms with Crippen LogP contribution < -0.4 is 9.47 Å². The molecule has 0 amide bonds. The van der Waals surface area contributed by atoms with Gasteiger partial charge in [0, 0.05) is 6.20 Å². The number of rotatable bonds is 5. The number of methoxy groups -OCH3 is 1. The second-order valence-electron chi connectivity index (χ2n) is 4.35. The fourth-order valence-corrected chi connectivity index (χ4v) is 1.86. The third-order valence-electron chi connectivity index (χ3n) is 2.99. The summed E-state index contributed by atoms with van der Waals surface area (Å²) in [7, 11) is 1.59. The second-order valence-corrected chi connectivity index (χ2v) is 4.35. The number of Topliss-reactive ketones (excluding diaryl/α,β-unsaturated/α-hetero) is 1. The molecule has 1 aromatic heterocycles. The standard InChI is InChI=1S/C16H17NO3/c1-4-12-7-8-14(15(10-12)19-3)20-16-13(11(2)18)6-5-9-17-16/h5-10H,4H2,1-3H3. The number of hydrogen-bond acceptors (Lipinski definition) is 4. The quantitative estimate of drug-likeness (QED) is 0.779. The Kier molecular flexibility index (Phi) is 4.35. The number of ketones is 1. The lowest BCUT2D eigenvalue weighted by Gasteiger charge is -2.12. The summed E-state index contributed by atoms with van der Waals surface area (Å²) in [4.78, 5) is 15.7. The first-order chi connectivity index (χ1) is 9.65. The molecule has 1 aromatic carbocycles. The highest BCUT2D eigenvalue weighted by molar-refractivity contribution is 5.96. The van der Waals surface area contributed by atoms with Crippen LogP contribution in [0.1, 0.15) is 29.8 Å². The predicted molar refractivity (Wildman–Crippen MR) is 76.7 cm³/mol. The maximum atomic E-state index is 11.6. The molecular formula is C16H17NO3. The number of ether oxygens (including phenoxy) is 2. The van der Waals surface area contributed by atoms with Gasteiger partial charge in [-0.1, -0.05) is 13.0 Å². The van der Waals surface area contributed by atoms with Crippen molar-refractivity contribution in [3.05, 3.63) is 47.7 Å². The zero-order valence-electron chi connectivity index (χ0n) is 11.8. The Bertz CT molecular complexity index is 623. The number of nitrogens with zero attached hydrogens (tertiary/aromatic N) is 1. The molecule has 0 saturated heterocycles. The lowest BCUT2D eigenvalue weighted by Crippen LogP contribution is -2.00. The van der Waals surface area contributed by atoms with Crippen LogP contribution in [-0.4, -0.2) is 17.9 Å². The maximum Gasteiger partial charge on any atom is 0.230 e. The number of aryl methyl sites for hydroxylation is 1. The Balaban J connectivity index is 2.37. The van der Waals surface area contributed by atoms with Gasteiger partial charge in [-0.15, -0.1) is 0 Å². The van der Waals surface area contributed by atoms with E-state index in [4.69, 9.17) is 9.47 Å². The van der Waals surface area contributed by atoms with Gasteiger partial charge >= 0.3 is 0 Å². The summed E-state index contributed by atoms with van der Waals surface area (Å²) in [5, 5.41) is 0. The van der Waals surface area contributed by atoms with Crippen molar-refractivity contribution in [2.75, 3.05) is 7.11 Å². The predicted octanol–water partition coefficient (Wildman–Crippen LogP) is 3.65. The van der Waals surface area contributed by atoms with E-state index in [-0.39, 0.29) is 5.78 Å². The van der Waals surface area contributed by atoms with Gasteiger partial charge in [-0.3, -0.25) is 4.79 Å². The lowest BCUT2D eigenvalue weighted by atomic mass is 10.1. The number of carbonyl (C=O) groups is 1. The van der Waals surface area contributed by atoms with Crippen molar-refractivity contribution in [3.63, 3.8) is 0 Å². The van der Waals surface area contributed by atoms with E-state index >= 15 is 0 Å². The van der Waals surface area contributed by atoms with E-state index in [1.807, 2.05) is 18.2 Å². The molecule has 104 valence electrons. The summed E-state index contributed by atoms with van der Waals surface area (Å²) in [6.07, 6.45) is 2.51. The van der Waals surface area contributed by atoms with E-state index in [9.17, 15) is 4.79 Å². The molecule has 4 nitrogen and oxygen atoms in total. The Labute approximate surface area is 118 Å². The summed E-state index contributed by atoms with van der Waals surface area (Å²) in [6, 6.07) is 9.12. The largest absolute Gasteiger partial charge is 0.493 e. The van der Waals surface area contributed by atoms with E-state index in [1.165, 1.54) is 6.92 Å². The molecule has 0 radical (unpaired) electrons. The summed E-state index contributed by atoms with van der Waals surface area (Å²) in [6.45, 7) is 3.56. The van der Waals surface area contributed by atoms with Gasteiger partial charge in [-0.25, -0.2) is 4.98 Å². The highest BCUT2D eigenvalue weighted by atomic mass is 16.5. The van der Waals surface area contributed by atoms with Crippen molar-refractivity contribution >= 4 is 5.78 Å². The Morgan fingerprint density at radius 3 is 2.70 bits per heavy atom. The molecule has 0 aliphatic rings. The van der Waals surface area contributed by atoms with Crippen LogP contribution in [0.5, 0.6) is 17.4 Å². The highest BCUT2D eigenvalue weighted by Gasteiger charge is 2.13. The molecule has 0 aliphatic carbocycles. The molecule has 20 heavy (non-hydrogen) atoms. The van der Waals surface area contributed by atoms with E-state index < -0.39 is 0 Å². The van der Waals surface area contributed by atoms with Crippen LogP contribution in [0.4, 0.5) is 0 Å². The van der Waals surface area contributed by atoms with Gasteiger partial charge in [0.1, 0.15) is 0 Å². The van der Waals surface area contributed by atoms with Gasteiger partial charge < -0.3 is 9.47 Å². The number of hydrogen-bond donors (Lipinski definition) is 0. The highest BCUT2D eigenvalue weighted by Crippen LogP contribution is 2.33. The molecule has 0 aliphatic heterocycles. The third kappa shape index (κ3) is 2.96. The summed E-state index contributed by atoms with van der Waals surface area (Å²) in [5.41, 5.74) is 1.61. The number of carbonyl (C=O) groups excluding carboxylic acids is 1. The molecule has 2 aromatic rings. The molecule has 4 heteroatoms. The molecule has 0 saturated carbocycles. The van der Waals surface area contributed by atoms with Crippen molar-refractivity contribution in [3.8, 4) is 17.4 Å². The zero-order chi connectivity index (χ0) is 14.5. The van der Waals surface area contributed by atoms with E-state index in [0.29, 0.717) is 22.9 Å². The molecular weight excluding hydrogens is 254 g/mol. The minimum absolute atomic E-state index is 0.0859. The molecule has 1 heterocycles. The van der Waals surface area contributed by atoms with Crippen molar-refractivity contribution in [1.82, 2.24) is 4.98 Å². The molecule has 0 atom stereocenters. The second kappa shape index (κ2) is 6.19. The van der Waals surface area contributed by atoms with Crippen molar-refractivity contribution < 1.29 is 14.3 Å². The average molecular weight is 271 g/mol. The smallest absolute Gasteiger partial charge is 0.230 e. The molecule has 0 spiro atoms. The fourth-order valence-electron chi connectivity index (χ4n) is 1.86. The number of benzene rings is 1. The van der Waals surface area contributed by atoms with Gasteiger partial charge in [-0.05, 0) is 43.2 Å². The minimum Gasteiger partial charge on any atom is -0.493 e. The van der Waals surface area contributed by atoms with Crippen molar-refractivity contribution in [1.29, 1.82) is 0 Å². The van der Waals surface area contributed by atoms with Crippen LogP contribution in [0.25, 0.3) is 0 Å². The van der Waals surface area contributed by atoms with Crippen LogP contribution >= 0.6 is 0 Å². The first-order valence-electron chi connectivity index (χ1n) is 6.46. The average Bonchev–Trinajstić information content (AvgIpc) is 2.48. The summed E-state index contributed by atoms with van der Waals surface area (Å²) in [5.74, 6) is 1.38. The third-order valence-corrected chi connectivity index (χ3v) is 2.99. The number of aromatic nitrogens is 1. The lowest BCUT2D eigenvalue weighted by molar-refractivity contribution is 0.101. The Hall–Kier alpha value is -2.36. The van der Waals surface area contributed by atoms with E-state index in [0.717, 1.165) is 12.0 Å². The van der Waals surface area contributed by atoms with Crippen LogP contribution in [-0.2, 0) is 6.42 Å². The van der Waals surface area contributed by atoms with Gasteiger partial charge in [0.25, 0.3) is 0 Å². The minimum atomic E-state index is -0.0859. The summed E-state index contributed by atoms with van der Waals surface area (Å²) >= 11 is 0. The SMILES string of the molecule is CCc1ccc(Oc2ncccc2C(C)=O)c(OC)c1. The number of pyridine rings is 1. The van der Waals surface area contributed by atoms with Gasteiger partial charge in [0.2, 0.25) is 5.88 Å². The van der Waals surface area contributed by atoms with Gasteiger partial charge in [0.15, 0.2) is 17.3 Å². The molecule has 0 N–H and O–H groups in total. The van der Waals surface area contributed by atoms with E-state index in [1.54, 1.807) is 25.4 Å². The van der Waals surface area contributed by atoms with Crippen molar-refractivity contribution in [2.45, 2.75) is 20.3 Å². The first kappa shape index (κ1) is 14.1. The topological polar surface area (TPSA) is 48.4 Å².